The average molecular weight is 383 g/mol. The summed E-state index contributed by atoms with van der Waals surface area (Å²) in [6, 6.07) is 0. The second-order valence-corrected chi connectivity index (χ2v) is 8.28. The van der Waals surface area contributed by atoms with Crippen LogP contribution in [0.3, 0.4) is 0 Å². The highest BCUT2D eigenvalue weighted by Gasteiger charge is 2.72. The molecule has 3 fully saturated rings. The molecular weight excluding hydrogens is 350 g/mol. The number of hydrogen-bond donors (Lipinski definition) is 1. The van der Waals surface area contributed by atoms with E-state index in [2.05, 4.69) is 38.2 Å². The van der Waals surface area contributed by atoms with Crippen molar-refractivity contribution in [2.24, 2.45) is 11.8 Å². The Morgan fingerprint density at radius 3 is 2.70 bits per heavy atom. The highest BCUT2D eigenvalue weighted by molar-refractivity contribution is 5.67. The predicted octanol–water partition coefficient (Wildman–Crippen LogP) is 2.29. The Kier molecular flexibility index (Phi) is 6.15. The second kappa shape index (κ2) is 8.07. The molecule has 1 spiro atoms. The van der Waals surface area contributed by atoms with Crippen LogP contribution in [0, 0.1) is 11.8 Å². The van der Waals surface area contributed by atoms with Crippen molar-refractivity contribution < 1.29 is 28.5 Å². The number of carbonyl (C=O) groups excluding carboxylic acids is 1. The van der Waals surface area contributed by atoms with Crippen LogP contribution >= 0.6 is 0 Å². The van der Waals surface area contributed by atoms with E-state index < -0.39 is 6.09 Å². The average Bonchev–Trinajstić information content (AvgIpc) is 3.53. The van der Waals surface area contributed by atoms with Crippen LogP contribution in [0.25, 0.3) is 0 Å². The summed E-state index contributed by atoms with van der Waals surface area (Å²) in [6.07, 6.45) is 4.86. The van der Waals surface area contributed by atoms with Crippen molar-refractivity contribution in [1.29, 1.82) is 0 Å². The number of nitrogens with one attached hydrogen (secondary N) is 1. The van der Waals surface area contributed by atoms with E-state index in [4.69, 9.17) is 23.7 Å². The third kappa shape index (κ3) is 4.31. The molecule has 7 heteroatoms. The molecule has 2 heterocycles. The van der Waals surface area contributed by atoms with Gasteiger partial charge >= 0.3 is 6.09 Å². The van der Waals surface area contributed by atoms with E-state index in [1.165, 1.54) is 0 Å². The smallest absolute Gasteiger partial charge is 0.407 e. The fourth-order valence-corrected chi connectivity index (χ4v) is 4.38. The summed E-state index contributed by atoms with van der Waals surface area (Å²) in [5.41, 5.74) is -0.584. The summed E-state index contributed by atoms with van der Waals surface area (Å²) in [5, 5.41) is 2.71. The van der Waals surface area contributed by atoms with Crippen molar-refractivity contribution in [2.45, 2.75) is 63.1 Å². The maximum Gasteiger partial charge on any atom is 0.407 e. The van der Waals surface area contributed by atoms with Crippen molar-refractivity contribution >= 4 is 6.09 Å². The molecule has 2 unspecified atom stereocenters. The summed E-state index contributed by atoms with van der Waals surface area (Å²) >= 11 is 0. The molecule has 0 radical (unpaired) electrons. The molecule has 1 aliphatic carbocycles. The minimum absolute atomic E-state index is 0.0161. The maximum absolute atomic E-state index is 12.1. The van der Waals surface area contributed by atoms with Crippen molar-refractivity contribution in [3.05, 3.63) is 12.2 Å². The van der Waals surface area contributed by atoms with Gasteiger partial charge in [-0.2, -0.15) is 0 Å². The van der Waals surface area contributed by atoms with Gasteiger partial charge in [0.25, 0.3) is 0 Å². The van der Waals surface area contributed by atoms with E-state index in [0.29, 0.717) is 25.7 Å². The van der Waals surface area contributed by atoms with Crippen LogP contribution in [0.1, 0.15) is 33.6 Å². The first kappa shape index (κ1) is 20.6. The Morgan fingerprint density at radius 1 is 1.37 bits per heavy atom. The van der Waals surface area contributed by atoms with E-state index in [1.807, 2.05) is 0 Å². The number of amides is 1. The molecule has 0 aromatic heterocycles. The Labute approximate surface area is 161 Å². The van der Waals surface area contributed by atoms with Crippen molar-refractivity contribution in [1.82, 2.24) is 5.32 Å². The fraction of sp³-hybridized carbons (Fsp3) is 0.850. The molecule has 1 amide bonds. The number of epoxide rings is 2. The van der Waals surface area contributed by atoms with Gasteiger partial charge in [0, 0.05) is 20.8 Å². The number of carbonyl (C=O) groups is 1. The third-order valence-electron chi connectivity index (χ3n) is 5.91. The van der Waals surface area contributed by atoms with Crippen LogP contribution in [0.4, 0.5) is 4.79 Å². The summed E-state index contributed by atoms with van der Waals surface area (Å²) in [6.45, 7) is 7.98. The minimum Gasteiger partial charge on any atom is -0.443 e. The Hall–Kier alpha value is -1.15. The zero-order chi connectivity index (χ0) is 19.7. The third-order valence-corrected chi connectivity index (χ3v) is 5.91. The largest absolute Gasteiger partial charge is 0.443 e. The lowest BCUT2D eigenvalue weighted by Crippen LogP contribution is -2.56. The van der Waals surface area contributed by atoms with Crippen LogP contribution in [0.15, 0.2) is 12.2 Å². The van der Waals surface area contributed by atoms with Crippen LogP contribution in [-0.2, 0) is 23.7 Å². The monoisotopic (exact) mass is 383 g/mol. The van der Waals surface area contributed by atoms with Gasteiger partial charge in [0.1, 0.15) is 29.5 Å². The van der Waals surface area contributed by atoms with Gasteiger partial charge in [-0.25, -0.2) is 4.79 Å². The number of hydrogen-bond acceptors (Lipinski definition) is 6. The standard InChI is InChI=1S/C20H33NO6/c1-13(2)6-7-15-19(3,27-15)17-16(24-5)14(8-9-20(17)12-25-20)26-18(22)21-10-11-23-4/h6-7,13-17H,8-12H2,1-5H3,(H,21,22)/b7-6+/t14-,15-,16-,17?,19?,20+/m1/s1. The fourth-order valence-electron chi connectivity index (χ4n) is 4.38. The van der Waals surface area contributed by atoms with Gasteiger partial charge in [-0.3, -0.25) is 0 Å². The molecular formula is C20H33NO6. The van der Waals surface area contributed by atoms with Crippen LogP contribution in [-0.4, -0.2) is 69.6 Å². The summed E-state index contributed by atoms with van der Waals surface area (Å²) < 4.78 is 28.5. The highest BCUT2D eigenvalue weighted by Crippen LogP contribution is 2.59. The van der Waals surface area contributed by atoms with Crippen molar-refractivity contribution in [2.75, 3.05) is 34.0 Å². The lowest BCUT2D eigenvalue weighted by Gasteiger charge is -2.42. The molecule has 0 bridgehead atoms. The Bertz CT molecular complexity index is 561. The number of rotatable bonds is 8. The predicted molar refractivity (Wildman–Crippen MR) is 99.6 cm³/mol. The molecule has 2 saturated heterocycles. The van der Waals surface area contributed by atoms with Gasteiger partial charge < -0.3 is 29.0 Å². The lowest BCUT2D eigenvalue weighted by molar-refractivity contribution is -0.118. The van der Waals surface area contributed by atoms with Crippen molar-refractivity contribution in [3.8, 4) is 0 Å². The highest BCUT2D eigenvalue weighted by atomic mass is 16.6. The van der Waals surface area contributed by atoms with Gasteiger partial charge in [-0.1, -0.05) is 26.0 Å². The van der Waals surface area contributed by atoms with Gasteiger partial charge in [0.15, 0.2) is 0 Å². The number of allylic oxidation sites excluding steroid dienone is 1. The molecule has 3 aliphatic rings. The molecule has 0 aromatic rings. The number of alkyl carbamates (subject to hydrolysis) is 1. The second-order valence-electron chi connectivity index (χ2n) is 8.28. The molecule has 3 rings (SSSR count). The number of methoxy groups -OCH3 is 2. The lowest BCUT2D eigenvalue weighted by atomic mass is 9.68. The van der Waals surface area contributed by atoms with Gasteiger partial charge in [0.2, 0.25) is 0 Å². The normalized spacial score (nSPS) is 40.5. The summed E-state index contributed by atoms with van der Waals surface area (Å²) in [7, 11) is 3.26. The minimum atomic E-state index is -0.441. The molecule has 7 nitrogen and oxygen atoms in total. The summed E-state index contributed by atoms with van der Waals surface area (Å²) in [5.74, 6) is 0.489. The zero-order valence-corrected chi connectivity index (χ0v) is 17.0. The zero-order valence-electron chi connectivity index (χ0n) is 17.0. The molecule has 2 aliphatic heterocycles. The molecule has 1 N–H and O–H groups in total. The molecule has 154 valence electrons. The van der Waals surface area contributed by atoms with Crippen LogP contribution in [0.2, 0.25) is 0 Å². The Balaban J connectivity index is 1.69. The maximum atomic E-state index is 12.1. The van der Waals surface area contributed by atoms with E-state index >= 15 is 0 Å². The van der Waals surface area contributed by atoms with Crippen LogP contribution < -0.4 is 5.32 Å². The molecule has 6 atom stereocenters. The topological polar surface area (TPSA) is 81.9 Å². The first-order chi connectivity index (χ1) is 12.9. The first-order valence-electron chi connectivity index (χ1n) is 9.82. The van der Waals surface area contributed by atoms with E-state index in [9.17, 15) is 4.79 Å². The summed E-state index contributed by atoms with van der Waals surface area (Å²) in [4.78, 5) is 12.1. The molecule has 1 saturated carbocycles. The first-order valence-corrected chi connectivity index (χ1v) is 9.82. The quantitative estimate of drug-likeness (QED) is 0.393. The SMILES string of the molecule is COCCNC(=O)O[C@@H]1CC[C@]2(CO2)C(C2(C)O[C@@H]2/C=C/C(C)C)[C@@H]1OC. The van der Waals surface area contributed by atoms with Crippen molar-refractivity contribution in [3.63, 3.8) is 0 Å². The molecule has 0 aromatic carbocycles. The number of ether oxygens (including phenoxy) is 5. The van der Waals surface area contributed by atoms with Crippen LogP contribution in [0.5, 0.6) is 0 Å². The van der Waals surface area contributed by atoms with Gasteiger partial charge in [0.05, 0.1) is 19.1 Å². The molecule has 27 heavy (non-hydrogen) atoms. The van der Waals surface area contributed by atoms with Gasteiger partial charge in [-0.15, -0.1) is 0 Å². The van der Waals surface area contributed by atoms with Gasteiger partial charge in [-0.05, 0) is 25.7 Å². The van der Waals surface area contributed by atoms with E-state index in [0.717, 1.165) is 12.8 Å². The van der Waals surface area contributed by atoms with E-state index in [1.54, 1.807) is 14.2 Å². The Morgan fingerprint density at radius 2 is 2.11 bits per heavy atom. The van der Waals surface area contributed by atoms with E-state index in [-0.39, 0.29) is 35.4 Å².